The third-order valence-electron chi connectivity index (χ3n) is 10.3. The van der Waals surface area contributed by atoms with Crippen molar-refractivity contribution in [1.29, 1.82) is 0 Å². The number of hydrogen-bond acceptors (Lipinski definition) is 21. The summed E-state index contributed by atoms with van der Waals surface area (Å²) in [4.78, 5) is 49.0. The Morgan fingerprint density at radius 3 is 2.67 bits per heavy atom. The molecule has 0 radical (unpaired) electrons. The highest BCUT2D eigenvalue weighted by molar-refractivity contribution is 8.55. The van der Waals surface area contributed by atoms with E-state index in [-0.39, 0.29) is 36.0 Å². The number of aryl methyl sites for hydroxylation is 1. The van der Waals surface area contributed by atoms with Gasteiger partial charge in [-0.3, -0.25) is 32.0 Å². The van der Waals surface area contributed by atoms with Crippen LogP contribution in [0, 0.1) is 18.3 Å². The van der Waals surface area contributed by atoms with E-state index < -0.39 is 99.1 Å². The molecular formula is C31H41N9O14P2S. The number of anilines is 1. The van der Waals surface area contributed by atoms with Gasteiger partial charge in [0.25, 0.3) is 5.56 Å². The van der Waals surface area contributed by atoms with E-state index in [0.717, 1.165) is 0 Å². The number of carbonyl (C=O) groups is 1. The van der Waals surface area contributed by atoms with Crippen LogP contribution in [0.2, 0.25) is 0 Å². The molecular weight excluding hydrogens is 816 g/mol. The molecule has 4 aliphatic rings. The number of phosphoric ester groups is 1. The molecule has 0 aromatic carbocycles. The molecule has 2 bridgehead atoms. The Morgan fingerprint density at radius 1 is 1.14 bits per heavy atom. The lowest BCUT2D eigenvalue weighted by Crippen LogP contribution is -2.38. The number of phosphoric acid groups is 1. The molecule has 4 aromatic heterocycles. The average Bonchev–Trinajstić information content (AvgIpc) is 3.44. The number of imidazole rings is 2. The molecule has 0 unspecified atom stereocenters. The Bertz CT molecular complexity index is 2330. The molecule has 4 aromatic rings. The monoisotopic (exact) mass is 857 g/mol. The second-order valence-electron chi connectivity index (χ2n) is 14.1. The van der Waals surface area contributed by atoms with E-state index in [1.165, 1.54) is 30.7 Å². The van der Waals surface area contributed by atoms with Gasteiger partial charge in [-0.25, -0.2) is 38.8 Å². The largest absolute Gasteiger partial charge is 0.509 e. The van der Waals surface area contributed by atoms with Gasteiger partial charge in [-0.2, -0.15) is 0 Å². The fourth-order valence-corrected chi connectivity index (χ4v) is 12.1. The number of aromatic nitrogens is 8. The maximum Gasteiger partial charge on any atom is 0.509 e. The van der Waals surface area contributed by atoms with Crippen LogP contribution in [0.5, 0.6) is 0 Å². The first-order valence-corrected chi connectivity index (χ1v) is 22.5. The number of ether oxygens (including phenoxy) is 4. The van der Waals surface area contributed by atoms with Crippen molar-refractivity contribution in [2.45, 2.75) is 83.0 Å². The lowest BCUT2D eigenvalue weighted by Gasteiger charge is -2.32. The zero-order valence-corrected chi connectivity index (χ0v) is 33.8. The van der Waals surface area contributed by atoms with Crippen molar-refractivity contribution in [3.05, 3.63) is 35.2 Å². The van der Waals surface area contributed by atoms with Gasteiger partial charge in [0.15, 0.2) is 34.8 Å². The summed E-state index contributed by atoms with van der Waals surface area (Å²) in [6, 6.07) is -0.774. The molecule has 2 saturated heterocycles. The van der Waals surface area contributed by atoms with Gasteiger partial charge in [0, 0.05) is 23.9 Å². The molecule has 0 amide bonds. The summed E-state index contributed by atoms with van der Waals surface area (Å²) < 4.78 is 85.7. The van der Waals surface area contributed by atoms with Gasteiger partial charge in [0.1, 0.15) is 48.2 Å². The fraction of sp³-hybridized carbons (Fsp3) is 0.645. The van der Waals surface area contributed by atoms with E-state index >= 15 is 0 Å². The summed E-state index contributed by atoms with van der Waals surface area (Å²) in [6.45, 7) is 1.06. The molecule has 26 heteroatoms. The molecule has 57 heavy (non-hydrogen) atoms. The number of aliphatic hydroxyl groups excluding tert-OH is 1. The molecule has 1 spiro atoms. The zero-order chi connectivity index (χ0) is 40.4. The lowest BCUT2D eigenvalue weighted by atomic mass is 10.0. The second-order valence-corrected chi connectivity index (χ2v) is 19.7. The Hall–Kier alpha value is -3.54. The van der Waals surface area contributed by atoms with E-state index in [2.05, 4.69) is 29.9 Å². The molecule has 2 aliphatic heterocycles. The smallest absolute Gasteiger partial charge is 0.432 e. The number of H-pyrrole nitrogens is 1. The van der Waals surface area contributed by atoms with Crippen LogP contribution in [0.1, 0.15) is 45.3 Å². The van der Waals surface area contributed by atoms with Gasteiger partial charge in [-0.1, -0.05) is 0 Å². The third-order valence-corrected chi connectivity index (χ3v) is 15.1. The standard InChI is InChI=1S/C31H41N9O14P2S/c1-6-48-55(44)50-9-31-7-16(31)20(39-11-35-18-25(32)33-10-34-26(18)39)21(41)24(31)54-56(45,57-13-47-30(43)51-14(2)3)49-8-17-22(46-5)23(53-55)29(52-17)40-12-36-19-27(40)37-15(4)38-28(19)42/h10-12,14,16-17,20-24,29,41H,6-9,13H2,1-5H3,(H2,32,33,34)(H,37,38,42)/t16-,17-,20-,21+,22-,23-,24+,29-,31-,55-,56+/m1/s1. The van der Waals surface area contributed by atoms with E-state index in [1.807, 2.05) is 0 Å². The first-order valence-electron chi connectivity index (χ1n) is 17.9. The molecule has 6 heterocycles. The highest BCUT2D eigenvalue weighted by atomic mass is 32.7. The van der Waals surface area contributed by atoms with Gasteiger partial charge in [0.2, 0.25) is 0 Å². The maximum absolute atomic E-state index is 14.9. The van der Waals surface area contributed by atoms with Crippen LogP contribution in [0.4, 0.5) is 10.6 Å². The van der Waals surface area contributed by atoms with Crippen LogP contribution >= 0.6 is 26.0 Å². The molecule has 11 atom stereocenters. The fourth-order valence-electron chi connectivity index (χ4n) is 7.82. The number of carbonyl (C=O) groups excluding carboxylic acids is 1. The van der Waals surface area contributed by atoms with Crippen LogP contribution in [-0.2, 0) is 50.7 Å². The van der Waals surface area contributed by atoms with Crippen LogP contribution in [0.25, 0.3) is 22.3 Å². The van der Waals surface area contributed by atoms with Crippen molar-refractivity contribution in [3.63, 3.8) is 0 Å². The highest BCUT2D eigenvalue weighted by Gasteiger charge is 2.74. The molecule has 4 fully saturated rings. The summed E-state index contributed by atoms with van der Waals surface area (Å²) in [6.07, 6.45) is -4.50. The van der Waals surface area contributed by atoms with Crippen LogP contribution < -0.4 is 11.3 Å². The molecule has 310 valence electrons. The highest BCUT2D eigenvalue weighted by Crippen LogP contribution is 2.74. The maximum atomic E-state index is 14.9. The van der Waals surface area contributed by atoms with E-state index in [9.17, 15) is 23.8 Å². The normalized spacial score (nSPS) is 35.4. The van der Waals surface area contributed by atoms with Crippen molar-refractivity contribution in [1.82, 2.24) is 39.0 Å². The van der Waals surface area contributed by atoms with Crippen molar-refractivity contribution in [2.75, 3.05) is 38.6 Å². The van der Waals surface area contributed by atoms with Crippen LogP contribution in [0.15, 0.2) is 23.8 Å². The third kappa shape index (κ3) is 7.28. The van der Waals surface area contributed by atoms with Gasteiger partial charge in [0.05, 0.1) is 44.6 Å². The SMILES string of the molecule is CCO[P@]1(=O)OC[C@]23C[C@@H]2[C@@H](n2cnc4c(N)ncnc42)[C@H](O)[C@@H]3O[P@@](=O)(SCOC(=O)OC(C)C)OC[C@H]2O[C@@H](n3cnc4c(=O)[nH]c(C)nc43)[C@H](O1)[C@@H]2OC. The number of hydrogen-bond donors (Lipinski definition) is 3. The Labute approximate surface area is 327 Å². The minimum atomic E-state index is -4.54. The Balaban J connectivity index is 1.19. The predicted octanol–water partition coefficient (Wildman–Crippen LogP) is 3.01. The molecule has 2 aliphatic carbocycles. The topological polar surface area (TPSA) is 288 Å². The summed E-state index contributed by atoms with van der Waals surface area (Å²) >= 11 is 0.538. The molecule has 4 N–H and O–H groups in total. The summed E-state index contributed by atoms with van der Waals surface area (Å²) in [5.74, 6) is -0.550. The summed E-state index contributed by atoms with van der Waals surface area (Å²) in [7, 11) is -3.18. The van der Waals surface area contributed by atoms with Crippen molar-refractivity contribution in [3.8, 4) is 0 Å². The van der Waals surface area contributed by atoms with Gasteiger partial charge >= 0.3 is 20.8 Å². The Kier molecular flexibility index (Phi) is 10.8. The number of nitrogens with one attached hydrogen (secondary N) is 1. The predicted molar refractivity (Wildman–Crippen MR) is 197 cm³/mol. The van der Waals surface area contributed by atoms with Crippen molar-refractivity contribution < 1.29 is 60.6 Å². The number of rotatable bonds is 9. The van der Waals surface area contributed by atoms with E-state index in [0.29, 0.717) is 29.0 Å². The van der Waals surface area contributed by atoms with Gasteiger partial charge in [-0.15, -0.1) is 0 Å². The van der Waals surface area contributed by atoms with Crippen LogP contribution in [-0.4, -0.2) is 120 Å². The summed E-state index contributed by atoms with van der Waals surface area (Å²) in [5, 5.41) is 12.1. The van der Waals surface area contributed by atoms with Gasteiger partial charge < -0.3 is 39.3 Å². The quantitative estimate of drug-likeness (QED) is 0.124. The van der Waals surface area contributed by atoms with Gasteiger partial charge in [-0.05, 0) is 40.0 Å². The Morgan fingerprint density at radius 2 is 1.91 bits per heavy atom. The second kappa shape index (κ2) is 15.2. The lowest BCUT2D eigenvalue weighted by molar-refractivity contribution is -0.0612. The minimum absolute atomic E-state index is 0.000334. The number of methoxy groups -OCH3 is 1. The van der Waals surface area contributed by atoms with Crippen LogP contribution in [0.3, 0.4) is 0 Å². The van der Waals surface area contributed by atoms with Crippen molar-refractivity contribution in [2.24, 2.45) is 11.3 Å². The zero-order valence-electron chi connectivity index (χ0n) is 31.2. The first-order chi connectivity index (χ1) is 27.2. The average molecular weight is 858 g/mol. The summed E-state index contributed by atoms with van der Waals surface area (Å²) in [5.41, 5.74) is 5.19. The first kappa shape index (κ1) is 40.2. The van der Waals surface area contributed by atoms with Crippen molar-refractivity contribution >= 4 is 60.3 Å². The number of fused-ring (bicyclic) bond motifs is 4. The van der Waals surface area contributed by atoms with E-state index in [4.69, 9.17) is 47.3 Å². The number of nitrogens with two attached hydrogens (primary N) is 1. The number of aromatic amines is 1. The number of nitrogens with zero attached hydrogens (tertiary/aromatic N) is 7. The minimum Gasteiger partial charge on any atom is -0.432 e. The number of aliphatic hydroxyl groups is 1. The number of nitrogen functional groups attached to an aromatic ring is 1. The van der Waals surface area contributed by atoms with E-state index in [1.54, 1.807) is 32.3 Å². The molecule has 23 nitrogen and oxygen atoms in total. The molecule has 2 saturated carbocycles. The molecule has 8 rings (SSSR count).